The molecule has 1 aromatic rings. The molecule has 0 saturated carbocycles. The first-order valence-electron chi connectivity index (χ1n) is 5.38. The maximum atomic E-state index is 11.6. The predicted molar refractivity (Wildman–Crippen MR) is 59.6 cm³/mol. The van der Waals surface area contributed by atoms with Crippen molar-refractivity contribution in [2.24, 2.45) is 0 Å². The van der Waals surface area contributed by atoms with Crippen LogP contribution in [-0.2, 0) is 16.1 Å². The molecule has 2 heterocycles. The number of fused-ring (bicyclic) bond motifs is 1. The van der Waals surface area contributed by atoms with Crippen molar-refractivity contribution in [3.63, 3.8) is 0 Å². The Morgan fingerprint density at radius 1 is 1.18 bits per heavy atom. The van der Waals surface area contributed by atoms with Crippen molar-refractivity contribution in [3.05, 3.63) is 29.3 Å². The number of nitrogens with one attached hydrogen (secondary N) is 1. The van der Waals surface area contributed by atoms with Crippen LogP contribution < -0.4 is 10.2 Å². The molecule has 0 atom stereocenters. The van der Waals surface area contributed by atoms with Crippen molar-refractivity contribution >= 4 is 23.3 Å². The van der Waals surface area contributed by atoms with Crippen LogP contribution in [0.3, 0.4) is 0 Å². The van der Waals surface area contributed by atoms with Gasteiger partial charge in [0.15, 0.2) is 5.78 Å². The first-order chi connectivity index (χ1) is 8.15. The zero-order valence-corrected chi connectivity index (χ0v) is 9.03. The van der Waals surface area contributed by atoms with Crippen LogP contribution in [0, 0.1) is 0 Å². The molecular weight excluding hydrogens is 220 g/mol. The molecule has 1 fully saturated rings. The van der Waals surface area contributed by atoms with Gasteiger partial charge in [0.25, 0.3) is 5.91 Å². The third-order valence-electron chi connectivity index (χ3n) is 3.07. The Morgan fingerprint density at radius 3 is 2.71 bits per heavy atom. The van der Waals surface area contributed by atoms with Crippen molar-refractivity contribution in [3.8, 4) is 0 Å². The van der Waals surface area contributed by atoms with Gasteiger partial charge in [-0.2, -0.15) is 0 Å². The topological polar surface area (TPSA) is 66.5 Å². The lowest BCUT2D eigenvalue weighted by Crippen LogP contribution is -2.24. The monoisotopic (exact) mass is 230 g/mol. The summed E-state index contributed by atoms with van der Waals surface area (Å²) in [5.41, 5.74) is 2.14. The summed E-state index contributed by atoms with van der Waals surface area (Å²) in [6.45, 7) is 0.639. The summed E-state index contributed by atoms with van der Waals surface area (Å²) in [6, 6.07) is 5.27. The number of rotatable bonds is 1. The SMILES string of the molecule is O=C1CC(=O)N(c2ccc3c(c2)C(=O)NC3)C1. The number of benzene rings is 1. The summed E-state index contributed by atoms with van der Waals surface area (Å²) in [4.78, 5) is 35.7. The van der Waals surface area contributed by atoms with Gasteiger partial charge in [-0.05, 0) is 17.7 Å². The van der Waals surface area contributed by atoms with Gasteiger partial charge in [-0.3, -0.25) is 14.4 Å². The lowest BCUT2D eigenvalue weighted by molar-refractivity contribution is -0.121. The quantitative estimate of drug-likeness (QED) is 0.702. The molecule has 2 aliphatic rings. The van der Waals surface area contributed by atoms with E-state index in [1.165, 1.54) is 4.90 Å². The van der Waals surface area contributed by atoms with Crippen molar-refractivity contribution in [1.82, 2.24) is 5.32 Å². The largest absolute Gasteiger partial charge is 0.348 e. The highest BCUT2D eigenvalue weighted by Gasteiger charge is 2.30. The second-order valence-electron chi connectivity index (χ2n) is 4.22. The molecule has 0 bridgehead atoms. The summed E-state index contributed by atoms with van der Waals surface area (Å²) >= 11 is 0. The lowest BCUT2D eigenvalue weighted by atomic mass is 10.1. The first kappa shape index (κ1) is 10.0. The van der Waals surface area contributed by atoms with Crippen molar-refractivity contribution < 1.29 is 14.4 Å². The molecule has 0 aliphatic carbocycles. The number of carbonyl (C=O) groups is 3. The van der Waals surface area contributed by atoms with Crippen LogP contribution >= 0.6 is 0 Å². The van der Waals surface area contributed by atoms with E-state index >= 15 is 0 Å². The molecule has 3 rings (SSSR count). The molecule has 5 nitrogen and oxygen atoms in total. The summed E-state index contributed by atoms with van der Waals surface area (Å²) in [5, 5.41) is 2.71. The van der Waals surface area contributed by atoms with Crippen LogP contribution in [0.15, 0.2) is 18.2 Å². The summed E-state index contributed by atoms with van der Waals surface area (Å²) < 4.78 is 0. The van der Waals surface area contributed by atoms with Gasteiger partial charge in [0, 0.05) is 17.8 Å². The van der Waals surface area contributed by atoms with Gasteiger partial charge in [0.2, 0.25) is 5.91 Å². The molecule has 1 aromatic carbocycles. The number of nitrogens with zero attached hydrogens (tertiary/aromatic N) is 1. The van der Waals surface area contributed by atoms with E-state index in [1.807, 2.05) is 6.07 Å². The van der Waals surface area contributed by atoms with Gasteiger partial charge in [-0.25, -0.2) is 0 Å². The highest BCUT2D eigenvalue weighted by molar-refractivity contribution is 6.15. The third-order valence-corrected chi connectivity index (χ3v) is 3.07. The maximum Gasteiger partial charge on any atom is 0.251 e. The Morgan fingerprint density at radius 2 is 2.00 bits per heavy atom. The summed E-state index contributed by atoms with van der Waals surface area (Å²) in [7, 11) is 0. The fourth-order valence-corrected chi connectivity index (χ4v) is 2.19. The lowest BCUT2D eigenvalue weighted by Gasteiger charge is -2.15. The van der Waals surface area contributed by atoms with E-state index in [2.05, 4.69) is 5.32 Å². The van der Waals surface area contributed by atoms with Crippen LogP contribution in [0.25, 0.3) is 0 Å². The number of anilines is 1. The average molecular weight is 230 g/mol. The maximum absolute atomic E-state index is 11.6. The third kappa shape index (κ3) is 1.51. The standard InChI is InChI=1S/C12H10N2O3/c15-9-4-11(16)14(6-9)8-2-1-7-5-13-12(17)10(7)3-8/h1-3H,4-6H2,(H,13,17). The Labute approximate surface area is 97.4 Å². The van der Waals surface area contributed by atoms with E-state index in [9.17, 15) is 14.4 Å². The zero-order chi connectivity index (χ0) is 12.0. The van der Waals surface area contributed by atoms with Crippen LogP contribution in [0.2, 0.25) is 0 Å². The first-order valence-corrected chi connectivity index (χ1v) is 5.38. The van der Waals surface area contributed by atoms with Crippen molar-refractivity contribution in [2.75, 3.05) is 11.4 Å². The number of amides is 2. The Bertz CT molecular complexity index is 551. The Kier molecular flexibility index (Phi) is 2.01. The fourth-order valence-electron chi connectivity index (χ4n) is 2.19. The molecule has 17 heavy (non-hydrogen) atoms. The summed E-state index contributed by atoms with van der Waals surface area (Å²) in [5.74, 6) is -0.409. The van der Waals surface area contributed by atoms with Crippen molar-refractivity contribution in [1.29, 1.82) is 0 Å². The van der Waals surface area contributed by atoms with Gasteiger partial charge in [0.1, 0.15) is 0 Å². The molecular formula is C12H10N2O3. The number of hydrogen-bond donors (Lipinski definition) is 1. The number of Topliss-reactive ketones (excluding diaryl/α,β-unsaturated/α-hetero) is 1. The number of carbonyl (C=O) groups excluding carboxylic acids is 3. The van der Waals surface area contributed by atoms with E-state index in [0.29, 0.717) is 17.8 Å². The average Bonchev–Trinajstić information content (AvgIpc) is 2.83. The molecule has 0 spiro atoms. The minimum absolute atomic E-state index is 0.0384. The second-order valence-corrected chi connectivity index (χ2v) is 4.22. The number of hydrogen-bond acceptors (Lipinski definition) is 3. The zero-order valence-electron chi connectivity index (χ0n) is 9.03. The molecule has 2 aliphatic heterocycles. The van der Waals surface area contributed by atoms with Gasteiger partial charge in [0.05, 0.1) is 13.0 Å². The fraction of sp³-hybridized carbons (Fsp3) is 0.250. The van der Waals surface area contributed by atoms with E-state index < -0.39 is 0 Å². The van der Waals surface area contributed by atoms with E-state index in [-0.39, 0.29) is 30.6 Å². The van der Waals surface area contributed by atoms with E-state index in [0.717, 1.165) is 5.56 Å². The number of ketones is 1. The summed E-state index contributed by atoms with van der Waals surface area (Å²) in [6.07, 6.45) is -0.0384. The Balaban J connectivity index is 2.00. The van der Waals surface area contributed by atoms with Gasteiger partial charge < -0.3 is 10.2 Å². The molecule has 1 saturated heterocycles. The molecule has 86 valence electrons. The van der Waals surface area contributed by atoms with E-state index in [1.54, 1.807) is 12.1 Å². The van der Waals surface area contributed by atoms with Crippen LogP contribution in [0.5, 0.6) is 0 Å². The van der Waals surface area contributed by atoms with Crippen molar-refractivity contribution in [2.45, 2.75) is 13.0 Å². The molecule has 0 radical (unpaired) electrons. The molecule has 0 unspecified atom stereocenters. The molecule has 1 N–H and O–H groups in total. The second kappa shape index (κ2) is 3.41. The predicted octanol–water partition coefficient (Wildman–Crippen LogP) is 0.236. The smallest absolute Gasteiger partial charge is 0.251 e. The Hall–Kier alpha value is -2.17. The highest BCUT2D eigenvalue weighted by Crippen LogP contribution is 2.25. The normalized spacial score (nSPS) is 18.6. The van der Waals surface area contributed by atoms with E-state index in [4.69, 9.17) is 0 Å². The minimum atomic E-state index is -0.201. The molecule has 5 heteroatoms. The van der Waals surface area contributed by atoms with Gasteiger partial charge >= 0.3 is 0 Å². The van der Waals surface area contributed by atoms with Crippen LogP contribution in [0.4, 0.5) is 5.69 Å². The minimum Gasteiger partial charge on any atom is -0.348 e. The van der Waals surface area contributed by atoms with Crippen LogP contribution in [0.1, 0.15) is 22.3 Å². The highest BCUT2D eigenvalue weighted by atomic mass is 16.2. The van der Waals surface area contributed by atoms with Gasteiger partial charge in [-0.15, -0.1) is 0 Å². The molecule has 2 amide bonds. The van der Waals surface area contributed by atoms with Crippen LogP contribution in [-0.4, -0.2) is 24.1 Å². The van der Waals surface area contributed by atoms with Gasteiger partial charge in [-0.1, -0.05) is 6.07 Å². The molecule has 0 aromatic heterocycles.